The zero-order chi connectivity index (χ0) is 17.2. The minimum Gasteiger partial charge on any atom is -0.480 e. The van der Waals surface area contributed by atoms with Crippen LogP contribution < -0.4 is 10.6 Å². The molecule has 1 aromatic carbocycles. The van der Waals surface area contributed by atoms with Crippen LogP contribution in [-0.2, 0) is 14.3 Å². The van der Waals surface area contributed by atoms with Crippen LogP contribution in [0.4, 0.5) is 5.69 Å². The number of carboxylic acid groups (broad SMARTS) is 1. The Morgan fingerprint density at radius 3 is 2.61 bits per heavy atom. The van der Waals surface area contributed by atoms with Gasteiger partial charge in [-0.05, 0) is 18.2 Å². The van der Waals surface area contributed by atoms with Gasteiger partial charge < -0.3 is 25.6 Å². The van der Waals surface area contributed by atoms with Gasteiger partial charge >= 0.3 is 5.97 Å². The summed E-state index contributed by atoms with van der Waals surface area (Å²) in [5, 5.41) is 23.6. The van der Waals surface area contributed by atoms with Crippen molar-refractivity contribution in [1.29, 1.82) is 0 Å². The highest BCUT2D eigenvalue weighted by Crippen LogP contribution is 2.25. The lowest BCUT2D eigenvalue weighted by Crippen LogP contribution is -2.41. The van der Waals surface area contributed by atoms with E-state index in [1.165, 1.54) is 12.1 Å². The zero-order valence-corrected chi connectivity index (χ0v) is 13.7. The van der Waals surface area contributed by atoms with E-state index < -0.39 is 17.9 Å². The molecule has 0 fully saturated rings. The van der Waals surface area contributed by atoms with E-state index in [9.17, 15) is 9.59 Å². The number of benzene rings is 1. The summed E-state index contributed by atoms with van der Waals surface area (Å²) >= 11 is 11.7. The molecule has 1 unspecified atom stereocenters. The molecule has 1 amide bonds. The van der Waals surface area contributed by atoms with Crippen molar-refractivity contribution < 1.29 is 24.5 Å². The topological polar surface area (TPSA) is 108 Å². The molecular formula is C14H18Cl2N2O5. The second-order valence-corrected chi connectivity index (χ2v) is 5.40. The minimum atomic E-state index is -1.15. The number of rotatable bonds is 10. The summed E-state index contributed by atoms with van der Waals surface area (Å²) in [6.07, 6.45) is -0.270. The molecule has 23 heavy (non-hydrogen) atoms. The Morgan fingerprint density at radius 2 is 2.00 bits per heavy atom. The van der Waals surface area contributed by atoms with Crippen molar-refractivity contribution >= 4 is 40.8 Å². The standard InChI is InChI=1S/C14H18Cl2N2O5/c15-9-1-2-11(10(16)7-9)18-13(20)8-12(14(21)22)17-3-5-23-6-4-19/h1-2,7,12,17,19H,3-6,8H2,(H,18,20)(H,21,22). The third-order valence-corrected chi connectivity index (χ3v) is 3.31. The average molecular weight is 365 g/mol. The number of carboxylic acids is 1. The number of anilines is 1. The maximum absolute atomic E-state index is 11.9. The highest BCUT2D eigenvalue weighted by Gasteiger charge is 2.21. The summed E-state index contributed by atoms with van der Waals surface area (Å²) in [6, 6.07) is 3.52. The molecule has 128 valence electrons. The SMILES string of the molecule is O=C(CC(NCCOCCO)C(=O)O)Nc1ccc(Cl)cc1Cl. The van der Waals surface area contributed by atoms with E-state index in [0.29, 0.717) is 10.7 Å². The molecule has 0 aliphatic heterocycles. The van der Waals surface area contributed by atoms with Crippen LogP contribution in [0.3, 0.4) is 0 Å². The number of amides is 1. The maximum Gasteiger partial charge on any atom is 0.321 e. The molecular weight excluding hydrogens is 347 g/mol. The van der Waals surface area contributed by atoms with E-state index >= 15 is 0 Å². The van der Waals surface area contributed by atoms with Gasteiger partial charge in [-0.15, -0.1) is 0 Å². The molecule has 4 N–H and O–H groups in total. The van der Waals surface area contributed by atoms with Crippen molar-refractivity contribution in [3.63, 3.8) is 0 Å². The van der Waals surface area contributed by atoms with Crippen molar-refractivity contribution in [2.24, 2.45) is 0 Å². The number of carbonyl (C=O) groups is 2. The van der Waals surface area contributed by atoms with E-state index in [1.807, 2.05) is 0 Å². The Hall–Kier alpha value is -1.38. The lowest BCUT2D eigenvalue weighted by Gasteiger charge is -2.15. The van der Waals surface area contributed by atoms with Gasteiger partial charge in [0.05, 0.1) is 37.0 Å². The Morgan fingerprint density at radius 1 is 1.26 bits per heavy atom. The molecule has 0 spiro atoms. The first-order valence-corrected chi connectivity index (χ1v) is 7.59. The molecule has 0 saturated carbocycles. The molecule has 1 rings (SSSR count). The molecule has 1 aromatic rings. The van der Waals surface area contributed by atoms with Crippen molar-refractivity contribution in [2.45, 2.75) is 12.5 Å². The number of carbonyl (C=O) groups excluding carboxylic acids is 1. The van der Waals surface area contributed by atoms with Gasteiger partial charge in [0, 0.05) is 11.6 Å². The summed E-state index contributed by atoms with van der Waals surface area (Å²) < 4.78 is 5.00. The number of ether oxygens (including phenoxy) is 1. The third-order valence-electron chi connectivity index (χ3n) is 2.77. The highest BCUT2D eigenvalue weighted by molar-refractivity contribution is 6.36. The molecule has 0 radical (unpaired) electrons. The molecule has 1 atom stereocenters. The van der Waals surface area contributed by atoms with Crippen LogP contribution in [0.25, 0.3) is 0 Å². The third kappa shape index (κ3) is 7.62. The van der Waals surface area contributed by atoms with Crippen molar-refractivity contribution in [3.05, 3.63) is 28.2 Å². The molecule has 7 nitrogen and oxygen atoms in total. The number of halogens is 2. The van der Waals surface area contributed by atoms with Gasteiger partial charge in [0.25, 0.3) is 0 Å². The zero-order valence-electron chi connectivity index (χ0n) is 12.2. The number of aliphatic hydroxyl groups excluding tert-OH is 1. The highest BCUT2D eigenvalue weighted by atomic mass is 35.5. The number of aliphatic hydroxyl groups is 1. The van der Waals surface area contributed by atoms with Gasteiger partial charge in [0.2, 0.25) is 5.91 Å². The summed E-state index contributed by atoms with van der Waals surface area (Å²) in [5.74, 6) is -1.64. The first kappa shape index (κ1) is 19.7. The number of hydrogen-bond acceptors (Lipinski definition) is 5. The Kier molecular flexibility index (Phi) is 8.90. The fourth-order valence-electron chi connectivity index (χ4n) is 1.70. The van der Waals surface area contributed by atoms with Gasteiger partial charge in [-0.1, -0.05) is 23.2 Å². The van der Waals surface area contributed by atoms with Crippen molar-refractivity contribution in [3.8, 4) is 0 Å². The lowest BCUT2D eigenvalue weighted by atomic mass is 10.2. The fourth-order valence-corrected chi connectivity index (χ4v) is 2.15. The predicted molar refractivity (Wildman–Crippen MR) is 87.0 cm³/mol. The summed E-state index contributed by atoms with van der Waals surface area (Å²) in [7, 11) is 0. The van der Waals surface area contributed by atoms with Crippen LogP contribution in [0.5, 0.6) is 0 Å². The van der Waals surface area contributed by atoms with E-state index in [1.54, 1.807) is 6.07 Å². The van der Waals surface area contributed by atoms with E-state index in [-0.39, 0.29) is 37.8 Å². The first-order valence-electron chi connectivity index (χ1n) is 6.83. The first-order chi connectivity index (χ1) is 10.9. The summed E-state index contributed by atoms with van der Waals surface area (Å²) in [4.78, 5) is 23.1. The van der Waals surface area contributed by atoms with Crippen LogP contribution >= 0.6 is 23.2 Å². The normalized spacial score (nSPS) is 12.0. The van der Waals surface area contributed by atoms with Crippen molar-refractivity contribution in [2.75, 3.05) is 31.7 Å². The molecule has 0 heterocycles. The molecule has 9 heteroatoms. The number of aliphatic carboxylic acids is 1. The number of nitrogens with one attached hydrogen (secondary N) is 2. The van der Waals surface area contributed by atoms with Crippen LogP contribution in [0.15, 0.2) is 18.2 Å². The molecule has 0 aromatic heterocycles. The number of hydrogen-bond donors (Lipinski definition) is 4. The van der Waals surface area contributed by atoms with Gasteiger partial charge in [-0.3, -0.25) is 9.59 Å². The van der Waals surface area contributed by atoms with Gasteiger partial charge in [0.15, 0.2) is 0 Å². The van der Waals surface area contributed by atoms with Gasteiger partial charge in [-0.25, -0.2) is 0 Å². The molecule has 0 aliphatic carbocycles. The fraction of sp³-hybridized carbons (Fsp3) is 0.429. The quantitative estimate of drug-likeness (QED) is 0.467. The lowest BCUT2D eigenvalue weighted by molar-refractivity contribution is -0.141. The predicted octanol–water partition coefficient (Wildman–Crippen LogP) is 1.37. The van der Waals surface area contributed by atoms with Crippen LogP contribution in [0.2, 0.25) is 10.0 Å². The molecule has 0 bridgehead atoms. The second-order valence-electron chi connectivity index (χ2n) is 4.56. The molecule has 0 aliphatic rings. The van der Waals surface area contributed by atoms with E-state index in [0.717, 1.165) is 0 Å². The minimum absolute atomic E-state index is 0.105. The smallest absolute Gasteiger partial charge is 0.321 e. The average Bonchev–Trinajstić information content (AvgIpc) is 2.48. The summed E-state index contributed by atoms with van der Waals surface area (Å²) in [6.45, 7) is 0.544. The second kappa shape index (κ2) is 10.4. The van der Waals surface area contributed by atoms with Crippen LogP contribution in [-0.4, -0.2) is 54.5 Å². The molecule has 0 saturated heterocycles. The Bertz CT molecular complexity index is 542. The Balaban J connectivity index is 2.48. The van der Waals surface area contributed by atoms with Gasteiger partial charge in [-0.2, -0.15) is 0 Å². The summed E-state index contributed by atoms with van der Waals surface area (Å²) in [5.41, 5.74) is 0.358. The largest absolute Gasteiger partial charge is 0.480 e. The van der Waals surface area contributed by atoms with Crippen LogP contribution in [0, 0.1) is 0 Å². The van der Waals surface area contributed by atoms with Crippen molar-refractivity contribution in [1.82, 2.24) is 5.32 Å². The van der Waals surface area contributed by atoms with E-state index in [4.69, 9.17) is 38.2 Å². The Labute approximate surface area is 143 Å². The van der Waals surface area contributed by atoms with Crippen LogP contribution in [0.1, 0.15) is 6.42 Å². The maximum atomic E-state index is 11.9. The monoisotopic (exact) mass is 364 g/mol. The van der Waals surface area contributed by atoms with E-state index in [2.05, 4.69) is 10.6 Å². The van der Waals surface area contributed by atoms with Gasteiger partial charge in [0.1, 0.15) is 6.04 Å².